The molecule has 0 unspecified atom stereocenters. The molecule has 0 saturated carbocycles. The largest absolute Gasteiger partial charge is 0.320 e. The highest BCUT2D eigenvalue weighted by molar-refractivity contribution is 5.84. The van der Waals surface area contributed by atoms with E-state index in [-0.39, 0.29) is 12.5 Å². The summed E-state index contributed by atoms with van der Waals surface area (Å²) in [6.45, 7) is 0.267. The fourth-order valence-electron chi connectivity index (χ4n) is 0.554. The van der Waals surface area contributed by atoms with Gasteiger partial charge in [0.15, 0.2) is 0 Å². The Morgan fingerprint density at radius 2 is 2.56 bits per heavy atom. The zero-order valence-corrected chi connectivity index (χ0v) is 5.24. The van der Waals surface area contributed by atoms with Gasteiger partial charge in [0.05, 0.1) is 0 Å². The maximum atomic E-state index is 10.8. The van der Waals surface area contributed by atoms with Gasteiger partial charge in [-0.3, -0.25) is 9.79 Å². The lowest BCUT2D eigenvalue weighted by Crippen LogP contribution is -2.21. The van der Waals surface area contributed by atoms with Crippen LogP contribution in [0.15, 0.2) is 17.3 Å². The molecule has 0 spiro atoms. The van der Waals surface area contributed by atoms with Crippen LogP contribution in [0.3, 0.4) is 0 Å². The van der Waals surface area contributed by atoms with Crippen molar-refractivity contribution in [3.8, 4) is 0 Å². The molecule has 9 heavy (non-hydrogen) atoms. The summed E-state index contributed by atoms with van der Waals surface area (Å²) < 4.78 is 0. The SMILES string of the molecule is CN1C=CC=NCC1=O. The van der Waals surface area contributed by atoms with Crippen LogP contribution in [0, 0.1) is 0 Å². The summed E-state index contributed by atoms with van der Waals surface area (Å²) >= 11 is 0. The molecule has 0 aromatic rings. The minimum absolute atomic E-state index is 0.0278. The summed E-state index contributed by atoms with van der Waals surface area (Å²) in [4.78, 5) is 16.1. The van der Waals surface area contributed by atoms with E-state index >= 15 is 0 Å². The molecule has 0 aromatic carbocycles. The Hall–Kier alpha value is -1.12. The summed E-state index contributed by atoms with van der Waals surface area (Å²) in [6.07, 6.45) is 5.06. The van der Waals surface area contributed by atoms with Crippen LogP contribution in [0.4, 0.5) is 0 Å². The maximum absolute atomic E-state index is 10.8. The number of aliphatic imine (C=N–C) groups is 1. The Kier molecular flexibility index (Phi) is 1.63. The van der Waals surface area contributed by atoms with Crippen LogP contribution in [-0.2, 0) is 4.79 Å². The van der Waals surface area contributed by atoms with Gasteiger partial charge in [-0.25, -0.2) is 0 Å². The van der Waals surface area contributed by atoms with Gasteiger partial charge in [0.25, 0.3) is 0 Å². The fraction of sp³-hybridized carbons (Fsp3) is 0.333. The molecule has 0 fully saturated rings. The molecule has 0 N–H and O–H groups in total. The van der Waals surface area contributed by atoms with Crippen LogP contribution in [0.1, 0.15) is 0 Å². The lowest BCUT2D eigenvalue weighted by Gasteiger charge is -2.06. The van der Waals surface area contributed by atoms with E-state index in [2.05, 4.69) is 4.99 Å². The van der Waals surface area contributed by atoms with Crippen molar-refractivity contribution in [2.75, 3.05) is 13.6 Å². The van der Waals surface area contributed by atoms with Crippen molar-refractivity contribution in [1.29, 1.82) is 0 Å². The molecule has 48 valence electrons. The molecule has 3 heteroatoms. The average molecular weight is 124 g/mol. The van der Waals surface area contributed by atoms with Gasteiger partial charge < -0.3 is 4.90 Å². The first-order chi connectivity index (χ1) is 4.30. The van der Waals surface area contributed by atoms with Crippen LogP contribution in [0.2, 0.25) is 0 Å². The summed E-state index contributed by atoms with van der Waals surface area (Å²) in [7, 11) is 1.72. The Balaban J connectivity index is 2.69. The number of amides is 1. The van der Waals surface area contributed by atoms with E-state index in [0.717, 1.165) is 0 Å². The topological polar surface area (TPSA) is 32.7 Å². The molecule has 1 aliphatic rings. The first-order valence-corrected chi connectivity index (χ1v) is 2.73. The molecule has 0 atom stereocenters. The van der Waals surface area contributed by atoms with Gasteiger partial charge in [-0.05, 0) is 6.08 Å². The van der Waals surface area contributed by atoms with Crippen molar-refractivity contribution >= 4 is 12.1 Å². The minimum Gasteiger partial charge on any atom is -0.320 e. The van der Waals surface area contributed by atoms with Gasteiger partial charge >= 0.3 is 0 Å². The van der Waals surface area contributed by atoms with Crippen molar-refractivity contribution < 1.29 is 4.79 Å². The molecule has 1 heterocycles. The zero-order chi connectivity index (χ0) is 6.69. The van der Waals surface area contributed by atoms with E-state index in [1.807, 2.05) is 0 Å². The third kappa shape index (κ3) is 1.38. The first-order valence-electron chi connectivity index (χ1n) is 2.73. The van der Waals surface area contributed by atoms with Gasteiger partial charge in [0, 0.05) is 19.5 Å². The van der Waals surface area contributed by atoms with E-state index in [1.165, 1.54) is 4.90 Å². The molecule has 1 aliphatic heterocycles. The zero-order valence-electron chi connectivity index (χ0n) is 5.24. The molecule has 0 aromatic heterocycles. The first kappa shape index (κ1) is 6.01. The van der Waals surface area contributed by atoms with Gasteiger partial charge in [-0.2, -0.15) is 0 Å². The maximum Gasteiger partial charge on any atom is 0.247 e. The molecular weight excluding hydrogens is 116 g/mol. The quantitative estimate of drug-likeness (QED) is 0.449. The summed E-state index contributed by atoms with van der Waals surface area (Å²) in [5.74, 6) is 0.0278. The number of nitrogens with zero attached hydrogens (tertiary/aromatic N) is 2. The monoisotopic (exact) mass is 124 g/mol. The number of likely N-dealkylation sites (N-methyl/N-ethyl adjacent to an activating group) is 1. The Bertz CT molecular complexity index is 172. The van der Waals surface area contributed by atoms with Crippen LogP contribution < -0.4 is 0 Å². The number of rotatable bonds is 0. The Labute approximate surface area is 53.7 Å². The van der Waals surface area contributed by atoms with Gasteiger partial charge in [-0.15, -0.1) is 0 Å². The fourth-order valence-corrected chi connectivity index (χ4v) is 0.554. The van der Waals surface area contributed by atoms with Crippen molar-refractivity contribution in [1.82, 2.24) is 4.90 Å². The molecule has 1 amide bonds. The number of allylic oxidation sites excluding steroid dienone is 1. The second-order valence-electron chi connectivity index (χ2n) is 1.84. The predicted octanol–water partition coefficient (Wildman–Crippen LogP) is 0.0429. The summed E-state index contributed by atoms with van der Waals surface area (Å²) in [5.41, 5.74) is 0. The second-order valence-corrected chi connectivity index (χ2v) is 1.84. The van der Waals surface area contributed by atoms with Gasteiger partial charge in [0.1, 0.15) is 6.54 Å². The molecule has 0 saturated heterocycles. The highest BCUT2D eigenvalue weighted by Gasteiger charge is 2.03. The lowest BCUT2D eigenvalue weighted by atomic mass is 10.5. The van der Waals surface area contributed by atoms with E-state index in [4.69, 9.17) is 0 Å². The van der Waals surface area contributed by atoms with E-state index < -0.39 is 0 Å². The lowest BCUT2D eigenvalue weighted by molar-refractivity contribution is -0.125. The van der Waals surface area contributed by atoms with Crippen LogP contribution in [0.25, 0.3) is 0 Å². The summed E-state index contributed by atoms with van der Waals surface area (Å²) in [6, 6.07) is 0. The van der Waals surface area contributed by atoms with E-state index in [1.54, 1.807) is 25.5 Å². The van der Waals surface area contributed by atoms with Crippen LogP contribution >= 0.6 is 0 Å². The smallest absolute Gasteiger partial charge is 0.247 e. The Morgan fingerprint density at radius 1 is 1.78 bits per heavy atom. The van der Waals surface area contributed by atoms with Crippen molar-refractivity contribution in [2.45, 2.75) is 0 Å². The minimum atomic E-state index is 0.0278. The molecule has 0 aliphatic carbocycles. The molecule has 3 nitrogen and oxygen atoms in total. The highest BCUT2D eigenvalue weighted by Crippen LogP contribution is 1.90. The van der Waals surface area contributed by atoms with Crippen LogP contribution in [0.5, 0.6) is 0 Å². The molecule has 0 bridgehead atoms. The number of carbonyl (C=O) groups is 1. The number of hydrogen-bond acceptors (Lipinski definition) is 2. The third-order valence-corrected chi connectivity index (χ3v) is 1.12. The normalized spacial score (nSPS) is 18.3. The molecular formula is C6H8N2O. The average Bonchev–Trinajstić information content (AvgIpc) is 1.99. The second kappa shape index (κ2) is 2.44. The molecule has 0 radical (unpaired) electrons. The summed E-state index contributed by atoms with van der Waals surface area (Å²) in [5, 5.41) is 0. The van der Waals surface area contributed by atoms with E-state index in [9.17, 15) is 4.79 Å². The van der Waals surface area contributed by atoms with Gasteiger partial charge in [0.2, 0.25) is 5.91 Å². The van der Waals surface area contributed by atoms with Crippen molar-refractivity contribution in [3.63, 3.8) is 0 Å². The molecule has 1 rings (SSSR count). The third-order valence-electron chi connectivity index (χ3n) is 1.12. The highest BCUT2D eigenvalue weighted by atomic mass is 16.2. The standard InChI is InChI=1S/C6H8N2O/c1-8-4-2-3-7-5-6(8)9/h2-4H,5H2,1H3. The predicted molar refractivity (Wildman–Crippen MR) is 35.3 cm³/mol. The number of carbonyl (C=O) groups excluding carboxylic acids is 1. The van der Waals surface area contributed by atoms with Crippen molar-refractivity contribution in [3.05, 3.63) is 12.3 Å². The van der Waals surface area contributed by atoms with Crippen LogP contribution in [-0.4, -0.2) is 30.6 Å². The van der Waals surface area contributed by atoms with Gasteiger partial charge in [-0.1, -0.05) is 0 Å². The number of hydrogen-bond donors (Lipinski definition) is 0. The van der Waals surface area contributed by atoms with E-state index in [0.29, 0.717) is 0 Å². The Morgan fingerprint density at radius 3 is 3.33 bits per heavy atom. The van der Waals surface area contributed by atoms with Crippen molar-refractivity contribution in [2.24, 2.45) is 4.99 Å².